The number of nitrogens with one attached hydrogen (secondary N) is 2. The third-order valence-electron chi connectivity index (χ3n) is 1.37. The van der Waals surface area contributed by atoms with E-state index in [2.05, 4.69) is 10.6 Å². The Morgan fingerprint density at radius 2 is 2.23 bits per heavy atom. The summed E-state index contributed by atoms with van der Waals surface area (Å²) in [6.45, 7) is 0. The molecule has 72 valence electrons. The minimum absolute atomic E-state index is 0.0698. The van der Waals surface area contributed by atoms with Crippen molar-refractivity contribution in [3.63, 3.8) is 0 Å². The molecule has 0 aromatic heterocycles. The van der Waals surface area contributed by atoms with Gasteiger partial charge in [-0.15, -0.1) is 11.8 Å². The number of carboxylic acid groups (broad SMARTS) is 1. The molecule has 1 heterocycles. The zero-order chi connectivity index (χ0) is 9.84. The van der Waals surface area contributed by atoms with Gasteiger partial charge in [0.25, 0.3) is 5.91 Å². The van der Waals surface area contributed by atoms with Gasteiger partial charge in [-0.1, -0.05) is 0 Å². The summed E-state index contributed by atoms with van der Waals surface area (Å²) in [5.41, 5.74) is 0. The van der Waals surface area contributed by atoms with Gasteiger partial charge < -0.3 is 10.4 Å². The van der Waals surface area contributed by atoms with Crippen molar-refractivity contribution in [2.24, 2.45) is 0 Å². The molecule has 1 rings (SSSR count). The third-order valence-corrected chi connectivity index (χ3v) is 2.39. The number of thioether (sulfide) groups is 1. The van der Waals surface area contributed by atoms with Crippen LogP contribution in [0.25, 0.3) is 0 Å². The Morgan fingerprint density at radius 1 is 1.54 bits per heavy atom. The van der Waals surface area contributed by atoms with E-state index in [9.17, 15) is 14.4 Å². The van der Waals surface area contributed by atoms with Crippen molar-refractivity contribution in [1.29, 1.82) is 0 Å². The molecular weight excluding hydrogens is 196 g/mol. The Balaban J connectivity index is 2.26. The van der Waals surface area contributed by atoms with Gasteiger partial charge in [0.05, 0.1) is 5.75 Å². The summed E-state index contributed by atoms with van der Waals surface area (Å²) in [5, 5.41) is 12.7. The van der Waals surface area contributed by atoms with Crippen molar-refractivity contribution >= 4 is 29.7 Å². The van der Waals surface area contributed by atoms with Crippen molar-refractivity contribution in [1.82, 2.24) is 10.6 Å². The highest BCUT2D eigenvalue weighted by molar-refractivity contribution is 8.00. The molecule has 1 saturated heterocycles. The second-order valence-electron chi connectivity index (χ2n) is 2.42. The third kappa shape index (κ3) is 2.94. The molecule has 0 aromatic rings. The molecule has 0 aliphatic carbocycles. The molecule has 1 aliphatic heterocycles. The SMILES string of the molecule is O=C(O)CSC[C@@H]1NC(=O)NC1=O. The zero-order valence-corrected chi connectivity index (χ0v) is 7.39. The van der Waals surface area contributed by atoms with E-state index in [1.807, 2.05) is 0 Å². The van der Waals surface area contributed by atoms with E-state index in [0.717, 1.165) is 11.8 Å². The van der Waals surface area contributed by atoms with E-state index in [1.165, 1.54) is 0 Å². The maximum absolute atomic E-state index is 10.9. The van der Waals surface area contributed by atoms with Crippen molar-refractivity contribution in [2.75, 3.05) is 11.5 Å². The Morgan fingerprint density at radius 3 is 2.69 bits per heavy atom. The summed E-state index contributed by atoms with van der Waals surface area (Å²) in [7, 11) is 0. The molecule has 6 nitrogen and oxygen atoms in total. The van der Waals surface area contributed by atoms with Gasteiger partial charge in [0, 0.05) is 5.75 Å². The zero-order valence-electron chi connectivity index (χ0n) is 6.57. The predicted octanol–water partition coefficient (Wildman–Crippen LogP) is -0.988. The average Bonchev–Trinajstić information content (AvgIpc) is 2.29. The first-order chi connectivity index (χ1) is 6.09. The number of urea groups is 1. The highest BCUT2D eigenvalue weighted by Crippen LogP contribution is 2.05. The van der Waals surface area contributed by atoms with Crippen LogP contribution < -0.4 is 10.6 Å². The largest absolute Gasteiger partial charge is 0.481 e. The van der Waals surface area contributed by atoms with Crippen molar-refractivity contribution < 1.29 is 19.5 Å². The van der Waals surface area contributed by atoms with E-state index < -0.39 is 23.9 Å². The number of hydrogen-bond acceptors (Lipinski definition) is 4. The van der Waals surface area contributed by atoms with Crippen molar-refractivity contribution in [3.8, 4) is 0 Å². The van der Waals surface area contributed by atoms with Gasteiger partial charge in [0.2, 0.25) is 0 Å². The Bertz CT molecular complexity index is 255. The smallest absolute Gasteiger partial charge is 0.322 e. The van der Waals surface area contributed by atoms with Gasteiger partial charge in [-0.25, -0.2) is 4.79 Å². The van der Waals surface area contributed by atoms with Crippen molar-refractivity contribution in [2.45, 2.75) is 6.04 Å². The van der Waals surface area contributed by atoms with Crippen LogP contribution in [0.15, 0.2) is 0 Å². The lowest BCUT2D eigenvalue weighted by atomic mass is 10.3. The van der Waals surface area contributed by atoms with Crippen LogP contribution in [0.4, 0.5) is 4.79 Å². The molecule has 0 radical (unpaired) electrons. The molecule has 1 atom stereocenters. The summed E-state index contributed by atoms with van der Waals surface area (Å²) in [6, 6.07) is -1.12. The average molecular weight is 204 g/mol. The Kier molecular flexibility index (Phi) is 3.13. The summed E-state index contributed by atoms with van der Waals surface area (Å²) in [5.74, 6) is -1.12. The fourth-order valence-corrected chi connectivity index (χ4v) is 1.60. The van der Waals surface area contributed by atoms with Gasteiger partial charge in [-0.2, -0.15) is 0 Å². The number of carbonyl (C=O) groups is 3. The first kappa shape index (κ1) is 9.85. The van der Waals surface area contributed by atoms with Crippen LogP contribution >= 0.6 is 11.8 Å². The standard InChI is InChI=1S/C6H8N2O4S/c9-4(10)2-13-1-3-5(11)8-6(12)7-3/h3H,1-2H2,(H,9,10)(H2,7,8,11,12)/t3-/m0/s1. The number of amides is 3. The van der Waals surface area contributed by atoms with Gasteiger partial charge in [0.1, 0.15) is 6.04 Å². The van der Waals surface area contributed by atoms with Gasteiger partial charge in [0.15, 0.2) is 0 Å². The summed E-state index contributed by atoms with van der Waals surface area (Å²) < 4.78 is 0. The highest BCUT2D eigenvalue weighted by atomic mass is 32.2. The van der Waals surface area contributed by atoms with Crippen LogP contribution in [0.3, 0.4) is 0 Å². The van der Waals surface area contributed by atoms with E-state index >= 15 is 0 Å². The maximum Gasteiger partial charge on any atom is 0.322 e. The first-order valence-electron chi connectivity index (χ1n) is 3.50. The number of carbonyl (C=O) groups excluding carboxylic acids is 2. The van der Waals surface area contributed by atoms with Gasteiger partial charge >= 0.3 is 12.0 Å². The second kappa shape index (κ2) is 4.13. The first-order valence-corrected chi connectivity index (χ1v) is 4.66. The van der Waals surface area contributed by atoms with Gasteiger partial charge in [-0.05, 0) is 0 Å². The lowest BCUT2D eigenvalue weighted by molar-refractivity contribution is -0.134. The van der Waals surface area contributed by atoms with Crippen LogP contribution in [0.5, 0.6) is 0 Å². The lowest BCUT2D eigenvalue weighted by Gasteiger charge is -2.03. The van der Waals surface area contributed by atoms with E-state index in [0.29, 0.717) is 0 Å². The molecule has 0 unspecified atom stereocenters. The monoisotopic (exact) mass is 204 g/mol. The summed E-state index contributed by atoms with van der Waals surface area (Å²) in [4.78, 5) is 31.6. The number of hydrogen-bond donors (Lipinski definition) is 3. The predicted molar refractivity (Wildman–Crippen MR) is 45.4 cm³/mol. The number of imide groups is 1. The fourth-order valence-electron chi connectivity index (χ4n) is 0.840. The topological polar surface area (TPSA) is 95.5 Å². The molecule has 0 spiro atoms. The molecule has 13 heavy (non-hydrogen) atoms. The fraction of sp³-hybridized carbons (Fsp3) is 0.500. The molecule has 1 fully saturated rings. The second-order valence-corrected chi connectivity index (χ2v) is 3.45. The van der Waals surface area contributed by atoms with Crippen LogP contribution in [0, 0.1) is 0 Å². The van der Waals surface area contributed by atoms with Crippen LogP contribution in [-0.2, 0) is 9.59 Å². The summed E-state index contributed by atoms with van der Waals surface area (Å²) >= 11 is 1.09. The minimum Gasteiger partial charge on any atom is -0.481 e. The molecule has 1 aliphatic rings. The van der Waals surface area contributed by atoms with Crippen LogP contribution in [0.2, 0.25) is 0 Å². The highest BCUT2D eigenvalue weighted by Gasteiger charge is 2.28. The number of carboxylic acids is 1. The Labute approximate surface area is 78.1 Å². The number of aliphatic carboxylic acids is 1. The van der Waals surface area contributed by atoms with Crippen LogP contribution in [0.1, 0.15) is 0 Å². The Hall–Kier alpha value is -1.24. The molecule has 0 saturated carbocycles. The summed E-state index contributed by atoms with van der Waals surface area (Å²) in [6.07, 6.45) is 0. The van der Waals surface area contributed by atoms with Gasteiger partial charge in [-0.3, -0.25) is 14.9 Å². The van der Waals surface area contributed by atoms with Crippen molar-refractivity contribution in [3.05, 3.63) is 0 Å². The quantitative estimate of drug-likeness (QED) is 0.511. The van der Waals surface area contributed by atoms with E-state index in [1.54, 1.807) is 0 Å². The molecule has 0 bridgehead atoms. The number of rotatable bonds is 4. The molecule has 7 heteroatoms. The minimum atomic E-state index is -0.935. The van der Waals surface area contributed by atoms with Crippen LogP contribution in [-0.4, -0.2) is 40.6 Å². The molecule has 3 amide bonds. The molecule has 3 N–H and O–H groups in total. The maximum atomic E-state index is 10.9. The normalized spacial score (nSPS) is 21.1. The van der Waals surface area contributed by atoms with E-state index in [4.69, 9.17) is 5.11 Å². The molecular formula is C6H8N2O4S. The molecule has 0 aromatic carbocycles. The van der Waals surface area contributed by atoms with E-state index in [-0.39, 0.29) is 11.5 Å². The lowest BCUT2D eigenvalue weighted by Crippen LogP contribution is -2.31.